The first kappa shape index (κ1) is 28.1. The van der Waals surface area contributed by atoms with Crippen LogP contribution in [0.15, 0.2) is 109 Å². The summed E-state index contributed by atoms with van der Waals surface area (Å²) < 4.78 is 11.9. The average molecular weight is 547 g/mol. The molecule has 198 valence electrons. The Morgan fingerprint density at radius 2 is 1.03 bits per heavy atom. The van der Waals surface area contributed by atoms with Crippen molar-refractivity contribution < 1.29 is 19.7 Å². The molecule has 0 aliphatic heterocycles. The normalized spacial score (nSPS) is 12.6. The second-order valence-electron chi connectivity index (χ2n) is 8.90. The Balaban J connectivity index is 1.10. The predicted octanol–water partition coefficient (Wildman–Crippen LogP) is 7.36. The van der Waals surface area contributed by atoms with Crippen molar-refractivity contribution in [2.45, 2.75) is 25.0 Å². The van der Waals surface area contributed by atoms with Gasteiger partial charge in [-0.25, -0.2) is 0 Å². The van der Waals surface area contributed by atoms with Crippen LogP contribution in [0.3, 0.4) is 0 Å². The van der Waals surface area contributed by atoms with Gasteiger partial charge in [-0.1, -0.05) is 119 Å². The second-order valence-corrected chi connectivity index (χ2v) is 11.5. The molecule has 4 nitrogen and oxygen atoms in total. The highest BCUT2D eigenvalue weighted by molar-refractivity contribution is 8.76. The second kappa shape index (κ2) is 15.5. The lowest BCUT2D eigenvalue weighted by Crippen LogP contribution is -2.20. The summed E-state index contributed by atoms with van der Waals surface area (Å²) in [5.41, 5.74) is 4.24. The highest BCUT2D eigenvalue weighted by atomic mass is 33.1. The van der Waals surface area contributed by atoms with E-state index in [2.05, 4.69) is 24.3 Å². The molecule has 0 saturated heterocycles. The monoisotopic (exact) mass is 546 g/mol. The zero-order chi connectivity index (χ0) is 26.4. The van der Waals surface area contributed by atoms with Crippen molar-refractivity contribution in [2.75, 3.05) is 24.7 Å². The number of aliphatic hydroxyl groups excluding tert-OH is 2. The van der Waals surface area contributed by atoms with E-state index < -0.39 is 12.2 Å². The van der Waals surface area contributed by atoms with E-state index in [1.165, 1.54) is 0 Å². The number of hydrogen-bond acceptors (Lipinski definition) is 6. The number of rotatable bonds is 15. The predicted molar refractivity (Wildman–Crippen MR) is 161 cm³/mol. The van der Waals surface area contributed by atoms with Crippen LogP contribution in [-0.2, 0) is 0 Å². The maximum atomic E-state index is 10.4. The van der Waals surface area contributed by atoms with Crippen molar-refractivity contribution in [3.8, 4) is 33.8 Å². The van der Waals surface area contributed by atoms with E-state index in [0.717, 1.165) is 45.9 Å². The minimum absolute atomic E-state index is 0.248. The van der Waals surface area contributed by atoms with Crippen LogP contribution in [-0.4, -0.2) is 47.1 Å². The first-order chi connectivity index (χ1) is 18.7. The van der Waals surface area contributed by atoms with Crippen molar-refractivity contribution in [3.63, 3.8) is 0 Å². The average Bonchev–Trinajstić information content (AvgIpc) is 2.98. The van der Waals surface area contributed by atoms with Crippen molar-refractivity contribution in [2.24, 2.45) is 0 Å². The number of aliphatic hydroxyl groups is 2. The third kappa shape index (κ3) is 8.84. The molecule has 38 heavy (non-hydrogen) atoms. The SMILES string of the molecule is OC(CCCSSCC(O)COc1ccccc1-c1ccccc1)COc1ccccc1-c1ccccc1. The lowest BCUT2D eigenvalue weighted by Gasteiger charge is -2.16. The van der Waals surface area contributed by atoms with Gasteiger partial charge in [0.2, 0.25) is 0 Å². The van der Waals surface area contributed by atoms with Crippen LogP contribution in [0.2, 0.25) is 0 Å². The van der Waals surface area contributed by atoms with E-state index in [0.29, 0.717) is 12.2 Å². The summed E-state index contributed by atoms with van der Waals surface area (Å²) in [7, 11) is 3.34. The molecular formula is C32H34O4S2. The van der Waals surface area contributed by atoms with Crippen LogP contribution >= 0.6 is 21.6 Å². The van der Waals surface area contributed by atoms with Crippen molar-refractivity contribution in [1.82, 2.24) is 0 Å². The van der Waals surface area contributed by atoms with Crippen LogP contribution in [0, 0.1) is 0 Å². The summed E-state index contributed by atoms with van der Waals surface area (Å²) in [5, 5.41) is 20.8. The van der Waals surface area contributed by atoms with Gasteiger partial charge in [0, 0.05) is 22.6 Å². The van der Waals surface area contributed by atoms with E-state index in [4.69, 9.17) is 9.47 Å². The molecule has 0 aromatic heterocycles. The molecule has 0 bridgehead atoms. The Hall–Kier alpha value is -2.90. The molecule has 4 rings (SSSR count). The molecule has 0 spiro atoms. The molecule has 0 aliphatic carbocycles. The molecule has 2 N–H and O–H groups in total. The maximum absolute atomic E-state index is 10.4. The summed E-state index contributed by atoms with van der Waals surface area (Å²) in [6, 6.07) is 36.1. The Bertz CT molecular complexity index is 1120. The molecule has 0 aliphatic rings. The lowest BCUT2D eigenvalue weighted by molar-refractivity contribution is 0.0999. The molecule has 0 fully saturated rings. The van der Waals surface area contributed by atoms with Gasteiger partial charge in [0.05, 0.1) is 12.2 Å². The van der Waals surface area contributed by atoms with E-state index in [9.17, 15) is 10.2 Å². The van der Waals surface area contributed by atoms with Gasteiger partial charge in [-0.15, -0.1) is 0 Å². The van der Waals surface area contributed by atoms with Gasteiger partial charge in [0.25, 0.3) is 0 Å². The third-order valence-electron chi connectivity index (χ3n) is 5.91. The van der Waals surface area contributed by atoms with Crippen LogP contribution < -0.4 is 9.47 Å². The molecule has 6 heteroatoms. The summed E-state index contributed by atoms with van der Waals surface area (Å²) in [6.07, 6.45) is 0.468. The van der Waals surface area contributed by atoms with E-state index in [1.54, 1.807) is 21.6 Å². The summed E-state index contributed by atoms with van der Waals surface area (Å²) in [4.78, 5) is 0. The zero-order valence-corrected chi connectivity index (χ0v) is 23.0. The van der Waals surface area contributed by atoms with Crippen LogP contribution in [0.5, 0.6) is 11.5 Å². The van der Waals surface area contributed by atoms with E-state index in [-0.39, 0.29) is 13.2 Å². The van der Waals surface area contributed by atoms with Crippen molar-refractivity contribution in [3.05, 3.63) is 109 Å². The van der Waals surface area contributed by atoms with Gasteiger partial charge in [-0.05, 0) is 36.1 Å². The van der Waals surface area contributed by atoms with Crippen LogP contribution in [0.4, 0.5) is 0 Å². The third-order valence-corrected chi connectivity index (χ3v) is 8.47. The summed E-state index contributed by atoms with van der Waals surface area (Å²) in [5.74, 6) is 3.04. The maximum Gasteiger partial charge on any atom is 0.127 e. The number of para-hydroxylation sites is 2. The number of hydrogen-bond donors (Lipinski definition) is 2. The van der Waals surface area contributed by atoms with Gasteiger partial charge in [-0.2, -0.15) is 0 Å². The van der Waals surface area contributed by atoms with Crippen LogP contribution in [0.1, 0.15) is 12.8 Å². The van der Waals surface area contributed by atoms with Gasteiger partial charge in [-0.3, -0.25) is 0 Å². The zero-order valence-electron chi connectivity index (χ0n) is 21.3. The van der Waals surface area contributed by atoms with E-state index in [1.807, 2.05) is 84.9 Å². The van der Waals surface area contributed by atoms with Gasteiger partial charge in [0.1, 0.15) is 24.7 Å². The van der Waals surface area contributed by atoms with Crippen molar-refractivity contribution >= 4 is 21.6 Å². The fourth-order valence-electron chi connectivity index (χ4n) is 3.96. The fourth-order valence-corrected chi connectivity index (χ4v) is 6.18. The Labute approximate surface area is 233 Å². The Morgan fingerprint density at radius 1 is 0.553 bits per heavy atom. The van der Waals surface area contributed by atoms with Gasteiger partial charge >= 0.3 is 0 Å². The Morgan fingerprint density at radius 3 is 1.58 bits per heavy atom. The standard InChI is InChI=1S/C32H34O4S2/c33-27(22-35-31-19-9-7-17-29(31)25-12-3-1-4-13-25)16-11-21-37-38-24-28(34)23-36-32-20-10-8-18-30(32)26-14-5-2-6-15-26/h1-10,12-15,17-20,27-28,33-34H,11,16,21-24H2. The first-order valence-electron chi connectivity index (χ1n) is 12.9. The molecule has 0 radical (unpaired) electrons. The molecule has 0 amide bonds. The molecule has 2 unspecified atom stereocenters. The lowest BCUT2D eigenvalue weighted by atomic mass is 10.0. The number of ether oxygens (including phenoxy) is 2. The minimum Gasteiger partial charge on any atom is -0.490 e. The quantitative estimate of drug-likeness (QED) is 0.120. The molecule has 0 saturated carbocycles. The summed E-state index contributed by atoms with van der Waals surface area (Å²) >= 11 is 0. The van der Waals surface area contributed by atoms with Crippen LogP contribution in [0.25, 0.3) is 22.3 Å². The topological polar surface area (TPSA) is 58.9 Å². The fraction of sp³-hybridized carbons (Fsp3) is 0.250. The molecular weight excluding hydrogens is 512 g/mol. The van der Waals surface area contributed by atoms with Crippen molar-refractivity contribution in [1.29, 1.82) is 0 Å². The minimum atomic E-state index is -0.556. The summed E-state index contributed by atoms with van der Waals surface area (Å²) in [6.45, 7) is 0.514. The highest BCUT2D eigenvalue weighted by Gasteiger charge is 2.11. The molecule has 2 atom stereocenters. The molecule has 4 aromatic carbocycles. The highest BCUT2D eigenvalue weighted by Crippen LogP contribution is 2.31. The first-order valence-corrected chi connectivity index (χ1v) is 15.3. The van der Waals surface area contributed by atoms with Gasteiger partial charge in [0.15, 0.2) is 0 Å². The smallest absolute Gasteiger partial charge is 0.127 e. The molecule has 0 heterocycles. The molecule has 4 aromatic rings. The Kier molecular flexibility index (Phi) is 11.5. The van der Waals surface area contributed by atoms with Gasteiger partial charge < -0.3 is 19.7 Å². The number of benzene rings is 4. The largest absolute Gasteiger partial charge is 0.490 e. The van der Waals surface area contributed by atoms with E-state index >= 15 is 0 Å².